The predicted molar refractivity (Wildman–Crippen MR) is 64.0 cm³/mol. The third kappa shape index (κ3) is 4.52. The summed E-state index contributed by atoms with van der Waals surface area (Å²) >= 11 is 0. The molecular weight excluding hydrogens is 220 g/mol. The molecule has 0 bridgehead atoms. The van der Waals surface area contributed by atoms with E-state index in [0.29, 0.717) is 12.6 Å². The van der Waals surface area contributed by atoms with Crippen LogP contribution in [0.3, 0.4) is 0 Å². The number of nitrogens with one attached hydrogen (secondary N) is 1. The average molecular weight is 240 g/mol. The molecule has 6 nitrogen and oxygen atoms in total. The van der Waals surface area contributed by atoms with E-state index in [1.165, 1.54) is 6.20 Å². The van der Waals surface area contributed by atoms with Gasteiger partial charge < -0.3 is 10.4 Å². The molecule has 0 aliphatic carbocycles. The summed E-state index contributed by atoms with van der Waals surface area (Å²) < 4.78 is 1.55. The van der Waals surface area contributed by atoms with Crippen LogP contribution in [0.4, 0.5) is 0 Å². The molecule has 0 fully saturated rings. The Morgan fingerprint density at radius 3 is 2.88 bits per heavy atom. The second-order valence-electron chi connectivity index (χ2n) is 4.02. The molecule has 0 spiro atoms. The van der Waals surface area contributed by atoms with Gasteiger partial charge in [0.05, 0.1) is 12.7 Å². The van der Waals surface area contributed by atoms with Gasteiger partial charge in [-0.15, -0.1) is 5.10 Å². The summed E-state index contributed by atoms with van der Waals surface area (Å²) in [5.74, 6) is -1.04. The van der Waals surface area contributed by atoms with Gasteiger partial charge in [-0.05, 0) is 12.8 Å². The van der Waals surface area contributed by atoms with Crippen molar-refractivity contribution in [2.24, 2.45) is 0 Å². The number of carboxylic acid groups (broad SMARTS) is 1. The van der Waals surface area contributed by atoms with E-state index < -0.39 is 5.97 Å². The van der Waals surface area contributed by atoms with Gasteiger partial charge in [0.25, 0.3) is 0 Å². The summed E-state index contributed by atoms with van der Waals surface area (Å²) in [6.45, 7) is 5.74. The standard InChI is InChI=1S/C11H20N4O2/c1-3-5-9(4-2)12-6-7-15-8-10(11(16)17)13-14-15/h8-9,12H,3-7H2,1-2H3,(H,16,17). The van der Waals surface area contributed by atoms with Crippen molar-refractivity contribution in [3.63, 3.8) is 0 Å². The molecule has 0 aliphatic heterocycles. The van der Waals surface area contributed by atoms with Crippen molar-refractivity contribution in [1.82, 2.24) is 20.3 Å². The van der Waals surface area contributed by atoms with Gasteiger partial charge in [-0.1, -0.05) is 25.5 Å². The maximum absolute atomic E-state index is 10.6. The first-order valence-electron chi connectivity index (χ1n) is 6.04. The molecule has 1 unspecified atom stereocenters. The molecular formula is C11H20N4O2. The predicted octanol–water partition coefficient (Wildman–Crippen LogP) is 1.14. The molecule has 0 aromatic carbocycles. The molecule has 0 radical (unpaired) electrons. The van der Waals surface area contributed by atoms with Crippen LogP contribution in [0.15, 0.2) is 6.20 Å². The third-order valence-corrected chi connectivity index (χ3v) is 2.66. The van der Waals surface area contributed by atoms with E-state index in [4.69, 9.17) is 5.11 Å². The van der Waals surface area contributed by atoms with E-state index in [1.54, 1.807) is 4.68 Å². The van der Waals surface area contributed by atoms with Gasteiger partial charge in [0, 0.05) is 12.6 Å². The van der Waals surface area contributed by atoms with Crippen LogP contribution in [-0.2, 0) is 6.54 Å². The number of rotatable bonds is 8. The highest BCUT2D eigenvalue weighted by Gasteiger charge is 2.08. The van der Waals surface area contributed by atoms with E-state index in [0.717, 1.165) is 25.8 Å². The van der Waals surface area contributed by atoms with E-state index >= 15 is 0 Å². The van der Waals surface area contributed by atoms with Crippen molar-refractivity contribution < 1.29 is 9.90 Å². The lowest BCUT2D eigenvalue weighted by Gasteiger charge is -2.15. The van der Waals surface area contributed by atoms with E-state index in [2.05, 4.69) is 29.5 Å². The molecule has 2 N–H and O–H groups in total. The number of hydrogen-bond acceptors (Lipinski definition) is 4. The molecule has 0 amide bonds. The zero-order valence-corrected chi connectivity index (χ0v) is 10.4. The Kier molecular flexibility index (Phi) is 5.62. The summed E-state index contributed by atoms with van der Waals surface area (Å²) in [4.78, 5) is 10.6. The first-order valence-corrected chi connectivity index (χ1v) is 6.04. The van der Waals surface area contributed by atoms with Crippen LogP contribution in [0.5, 0.6) is 0 Å². The highest BCUT2D eigenvalue weighted by atomic mass is 16.4. The van der Waals surface area contributed by atoms with Crippen molar-refractivity contribution >= 4 is 5.97 Å². The lowest BCUT2D eigenvalue weighted by Crippen LogP contribution is -2.31. The number of aromatic nitrogens is 3. The van der Waals surface area contributed by atoms with Crippen molar-refractivity contribution in [3.8, 4) is 0 Å². The Labute approximate surface area is 101 Å². The van der Waals surface area contributed by atoms with Gasteiger partial charge in [-0.2, -0.15) is 0 Å². The van der Waals surface area contributed by atoms with Crippen molar-refractivity contribution in [1.29, 1.82) is 0 Å². The van der Waals surface area contributed by atoms with Crippen LogP contribution < -0.4 is 5.32 Å². The van der Waals surface area contributed by atoms with Crippen LogP contribution in [0, 0.1) is 0 Å². The van der Waals surface area contributed by atoms with E-state index in [-0.39, 0.29) is 5.69 Å². The quantitative estimate of drug-likeness (QED) is 0.712. The van der Waals surface area contributed by atoms with Crippen LogP contribution in [-0.4, -0.2) is 38.7 Å². The SMILES string of the molecule is CCCC(CC)NCCn1cc(C(=O)O)nn1. The van der Waals surface area contributed by atoms with E-state index in [9.17, 15) is 4.79 Å². The number of hydrogen-bond donors (Lipinski definition) is 2. The van der Waals surface area contributed by atoms with Gasteiger partial charge >= 0.3 is 5.97 Å². The lowest BCUT2D eigenvalue weighted by atomic mass is 10.1. The number of aromatic carboxylic acids is 1. The molecule has 0 saturated heterocycles. The van der Waals surface area contributed by atoms with Gasteiger partial charge in [-0.3, -0.25) is 4.68 Å². The minimum absolute atomic E-state index is 0.00870. The van der Waals surface area contributed by atoms with Crippen LogP contribution >= 0.6 is 0 Å². The van der Waals surface area contributed by atoms with Crippen LogP contribution in [0.2, 0.25) is 0 Å². The third-order valence-electron chi connectivity index (χ3n) is 2.66. The lowest BCUT2D eigenvalue weighted by molar-refractivity contribution is 0.0690. The fraction of sp³-hybridized carbons (Fsp3) is 0.727. The van der Waals surface area contributed by atoms with Crippen LogP contribution in [0.25, 0.3) is 0 Å². The monoisotopic (exact) mass is 240 g/mol. The molecule has 1 aromatic heterocycles. The van der Waals surface area contributed by atoms with E-state index in [1.807, 2.05) is 0 Å². The maximum Gasteiger partial charge on any atom is 0.358 e. The Morgan fingerprint density at radius 1 is 1.59 bits per heavy atom. The summed E-state index contributed by atoms with van der Waals surface area (Å²) in [5, 5.41) is 19.4. The Bertz CT molecular complexity index is 351. The molecule has 0 saturated carbocycles. The first kappa shape index (κ1) is 13.6. The zero-order chi connectivity index (χ0) is 12.7. The molecule has 6 heteroatoms. The van der Waals surface area contributed by atoms with Gasteiger partial charge in [0.1, 0.15) is 0 Å². The highest BCUT2D eigenvalue weighted by Crippen LogP contribution is 2.00. The second-order valence-corrected chi connectivity index (χ2v) is 4.02. The molecule has 1 rings (SSSR count). The summed E-state index contributed by atoms with van der Waals surface area (Å²) in [6, 6.07) is 0.530. The fourth-order valence-electron chi connectivity index (χ4n) is 1.69. The molecule has 96 valence electrons. The second kappa shape index (κ2) is 7.01. The zero-order valence-electron chi connectivity index (χ0n) is 10.4. The minimum atomic E-state index is -1.04. The number of carboxylic acids is 1. The molecule has 1 heterocycles. The Morgan fingerprint density at radius 2 is 2.35 bits per heavy atom. The highest BCUT2D eigenvalue weighted by molar-refractivity contribution is 5.84. The largest absolute Gasteiger partial charge is 0.476 e. The molecule has 17 heavy (non-hydrogen) atoms. The van der Waals surface area contributed by atoms with Crippen LogP contribution in [0.1, 0.15) is 43.6 Å². The maximum atomic E-state index is 10.6. The number of nitrogens with zero attached hydrogens (tertiary/aromatic N) is 3. The molecule has 1 aromatic rings. The average Bonchev–Trinajstić information content (AvgIpc) is 2.77. The summed E-state index contributed by atoms with van der Waals surface area (Å²) in [6.07, 6.45) is 4.88. The fourth-order valence-corrected chi connectivity index (χ4v) is 1.69. The normalized spacial score (nSPS) is 12.6. The minimum Gasteiger partial charge on any atom is -0.476 e. The Balaban J connectivity index is 2.32. The summed E-state index contributed by atoms with van der Waals surface area (Å²) in [5.41, 5.74) is -0.00870. The Hall–Kier alpha value is -1.43. The smallest absolute Gasteiger partial charge is 0.358 e. The number of carbonyl (C=O) groups is 1. The summed E-state index contributed by atoms with van der Waals surface area (Å²) in [7, 11) is 0. The molecule has 1 atom stereocenters. The van der Waals surface area contributed by atoms with Gasteiger partial charge in [-0.25, -0.2) is 4.79 Å². The topological polar surface area (TPSA) is 80.0 Å². The first-order chi connectivity index (χ1) is 8.17. The molecule has 0 aliphatic rings. The van der Waals surface area contributed by atoms with Crippen molar-refractivity contribution in [2.45, 2.75) is 45.7 Å². The van der Waals surface area contributed by atoms with Crippen molar-refractivity contribution in [3.05, 3.63) is 11.9 Å². The van der Waals surface area contributed by atoms with Crippen molar-refractivity contribution in [2.75, 3.05) is 6.54 Å². The van der Waals surface area contributed by atoms with Gasteiger partial charge in [0.15, 0.2) is 5.69 Å². The van der Waals surface area contributed by atoms with Gasteiger partial charge in [0.2, 0.25) is 0 Å².